The number of benzene rings is 3. The summed E-state index contributed by atoms with van der Waals surface area (Å²) in [7, 11) is 0. The molecule has 0 amide bonds. The van der Waals surface area contributed by atoms with Gasteiger partial charge in [0.2, 0.25) is 0 Å². The van der Waals surface area contributed by atoms with Crippen LogP contribution in [0.2, 0.25) is 0 Å². The van der Waals surface area contributed by atoms with Gasteiger partial charge in [-0.15, -0.1) is 0 Å². The second-order valence-electron chi connectivity index (χ2n) is 4.57. The number of hydrogen-bond acceptors (Lipinski definition) is 2. The van der Waals surface area contributed by atoms with E-state index < -0.39 is 5.97 Å². The number of hydrogen-bond donors (Lipinski definition) is 2. The van der Waals surface area contributed by atoms with Gasteiger partial charge in [0.25, 0.3) is 0 Å². The van der Waals surface area contributed by atoms with E-state index >= 15 is 0 Å². The second-order valence-corrected chi connectivity index (χ2v) is 4.57. The topological polar surface area (TPSA) is 57.5 Å². The molecular formula is C16H12O3. The van der Waals surface area contributed by atoms with Crippen molar-refractivity contribution in [3.8, 4) is 5.75 Å². The third-order valence-electron chi connectivity index (χ3n) is 3.45. The van der Waals surface area contributed by atoms with E-state index in [1.165, 1.54) is 0 Å². The summed E-state index contributed by atoms with van der Waals surface area (Å²) in [5.74, 6) is -1.27. The van der Waals surface area contributed by atoms with Gasteiger partial charge in [-0.25, -0.2) is 4.79 Å². The smallest absolute Gasteiger partial charge is 0.340 e. The molecule has 2 N–H and O–H groups in total. The second kappa shape index (κ2) is 3.99. The molecule has 0 spiro atoms. The molecule has 0 bridgehead atoms. The normalized spacial score (nSPS) is 11.0. The highest BCUT2D eigenvalue weighted by Crippen LogP contribution is 2.38. The molecule has 3 nitrogen and oxygen atoms in total. The quantitative estimate of drug-likeness (QED) is 0.649. The largest absolute Gasteiger partial charge is 0.506 e. The Morgan fingerprint density at radius 2 is 1.58 bits per heavy atom. The standard InChI is InChI=1S/C16H12O3/c1-9-5-4-8-11-10-6-2-3-7-12(10)15(17)14(13(9)11)16(18)19/h2-8,17H,1H3,(H,18,19). The van der Waals surface area contributed by atoms with Gasteiger partial charge in [0.15, 0.2) is 0 Å². The van der Waals surface area contributed by atoms with Crippen molar-refractivity contribution in [1.82, 2.24) is 0 Å². The Bertz CT molecular complexity index is 819. The maximum Gasteiger partial charge on any atom is 0.340 e. The molecule has 0 saturated heterocycles. The molecule has 0 aromatic heterocycles. The lowest BCUT2D eigenvalue weighted by Crippen LogP contribution is -2.00. The fourth-order valence-corrected chi connectivity index (χ4v) is 2.61. The molecule has 19 heavy (non-hydrogen) atoms. The van der Waals surface area contributed by atoms with E-state index in [1.807, 2.05) is 37.3 Å². The fourth-order valence-electron chi connectivity index (χ4n) is 2.61. The number of aryl methyl sites for hydroxylation is 1. The van der Waals surface area contributed by atoms with Gasteiger partial charge >= 0.3 is 5.97 Å². The Morgan fingerprint density at radius 3 is 2.26 bits per heavy atom. The molecule has 0 heterocycles. The summed E-state index contributed by atoms with van der Waals surface area (Å²) in [6.07, 6.45) is 0. The minimum atomic E-state index is -1.11. The summed E-state index contributed by atoms with van der Waals surface area (Å²) in [4.78, 5) is 11.5. The van der Waals surface area contributed by atoms with Crippen LogP contribution in [0.1, 0.15) is 15.9 Å². The van der Waals surface area contributed by atoms with Gasteiger partial charge in [-0.05, 0) is 23.3 Å². The molecule has 0 aliphatic carbocycles. The first-order valence-corrected chi connectivity index (χ1v) is 5.97. The number of carboxylic acids is 1. The average Bonchev–Trinajstić information content (AvgIpc) is 2.40. The van der Waals surface area contributed by atoms with Crippen molar-refractivity contribution in [2.45, 2.75) is 6.92 Å². The third kappa shape index (κ3) is 1.55. The summed E-state index contributed by atoms with van der Waals surface area (Å²) in [5, 5.41) is 22.5. The van der Waals surface area contributed by atoms with Gasteiger partial charge in [0.05, 0.1) is 0 Å². The first-order valence-electron chi connectivity index (χ1n) is 5.97. The lowest BCUT2D eigenvalue weighted by molar-refractivity contribution is 0.0696. The van der Waals surface area contributed by atoms with E-state index in [0.29, 0.717) is 10.8 Å². The van der Waals surface area contributed by atoms with Gasteiger partial charge in [0, 0.05) is 10.8 Å². The number of aromatic hydroxyl groups is 1. The van der Waals surface area contributed by atoms with E-state index in [0.717, 1.165) is 16.3 Å². The van der Waals surface area contributed by atoms with Crippen LogP contribution in [0.25, 0.3) is 21.5 Å². The Balaban J connectivity index is 2.70. The van der Waals surface area contributed by atoms with Crippen LogP contribution >= 0.6 is 0 Å². The minimum Gasteiger partial charge on any atom is -0.506 e. The summed E-state index contributed by atoms with van der Waals surface area (Å²) in [5.41, 5.74) is 0.822. The lowest BCUT2D eigenvalue weighted by atomic mass is 9.93. The molecule has 3 aromatic carbocycles. The van der Waals surface area contributed by atoms with Crippen molar-refractivity contribution < 1.29 is 15.0 Å². The number of rotatable bonds is 1. The van der Waals surface area contributed by atoms with Crippen LogP contribution in [0, 0.1) is 6.92 Å². The lowest BCUT2D eigenvalue weighted by Gasteiger charge is -2.12. The van der Waals surface area contributed by atoms with Crippen LogP contribution in [0.3, 0.4) is 0 Å². The Labute approximate surface area is 109 Å². The fraction of sp³-hybridized carbons (Fsp3) is 0.0625. The highest BCUT2D eigenvalue weighted by molar-refractivity contribution is 6.19. The maximum absolute atomic E-state index is 11.5. The van der Waals surface area contributed by atoms with Crippen LogP contribution in [0.15, 0.2) is 42.5 Å². The molecule has 94 valence electrons. The van der Waals surface area contributed by atoms with Crippen molar-refractivity contribution in [2.75, 3.05) is 0 Å². The van der Waals surface area contributed by atoms with Crippen molar-refractivity contribution in [3.05, 3.63) is 53.6 Å². The summed E-state index contributed by atoms with van der Waals surface area (Å²) >= 11 is 0. The van der Waals surface area contributed by atoms with Gasteiger partial charge in [-0.1, -0.05) is 42.5 Å². The molecule has 0 radical (unpaired) electrons. The zero-order chi connectivity index (χ0) is 13.6. The van der Waals surface area contributed by atoms with Gasteiger partial charge in [-0.3, -0.25) is 0 Å². The molecule has 0 atom stereocenters. The summed E-state index contributed by atoms with van der Waals surface area (Å²) in [6, 6.07) is 12.9. The average molecular weight is 252 g/mol. The number of aromatic carboxylic acids is 1. The SMILES string of the molecule is Cc1cccc2c1c(C(=O)O)c(O)c1ccccc12. The van der Waals surface area contributed by atoms with E-state index in [2.05, 4.69) is 0 Å². The van der Waals surface area contributed by atoms with Crippen molar-refractivity contribution in [3.63, 3.8) is 0 Å². The maximum atomic E-state index is 11.5. The zero-order valence-electron chi connectivity index (χ0n) is 10.3. The highest BCUT2D eigenvalue weighted by atomic mass is 16.4. The number of carbonyl (C=O) groups is 1. The molecular weight excluding hydrogens is 240 g/mol. The number of fused-ring (bicyclic) bond motifs is 3. The Kier molecular flexibility index (Phi) is 2.42. The molecule has 0 fully saturated rings. The Hall–Kier alpha value is -2.55. The summed E-state index contributed by atoms with van der Waals surface area (Å²) < 4.78 is 0. The van der Waals surface area contributed by atoms with E-state index in [9.17, 15) is 15.0 Å². The zero-order valence-corrected chi connectivity index (χ0v) is 10.3. The van der Waals surface area contributed by atoms with Crippen LogP contribution in [0.5, 0.6) is 5.75 Å². The minimum absolute atomic E-state index is 0.0215. The van der Waals surface area contributed by atoms with E-state index in [-0.39, 0.29) is 11.3 Å². The van der Waals surface area contributed by atoms with Gasteiger partial charge < -0.3 is 10.2 Å². The predicted octanol–water partition coefficient (Wildman–Crippen LogP) is 3.71. The molecule has 3 heteroatoms. The molecule has 3 rings (SSSR count). The third-order valence-corrected chi connectivity index (χ3v) is 3.45. The monoisotopic (exact) mass is 252 g/mol. The van der Waals surface area contributed by atoms with E-state index in [1.54, 1.807) is 12.1 Å². The van der Waals surface area contributed by atoms with Crippen molar-refractivity contribution >= 4 is 27.5 Å². The van der Waals surface area contributed by atoms with Crippen molar-refractivity contribution in [2.24, 2.45) is 0 Å². The molecule has 0 aliphatic heterocycles. The first-order chi connectivity index (χ1) is 9.11. The molecule has 3 aromatic rings. The van der Waals surface area contributed by atoms with E-state index in [4.69, 9.17) is 0 Å². The predicted molar refractivity (Wildman–Crippen MR) is 74.8 cm³/mol. The number of carboxylic acid groups (broad SMARTS) is 1. The van der Waals surface area contributed by atoms with Crippen LogP contribution in [-0.2, 0) is 0 Å². The van der Waals surface area contributed by atoms with Crippen LogP contribution < -0.4 is 0 Å². The highest BCUT2D eigenvalue weighted by Gasteiger charge is 2.19. The molecule has 0 aliphatic rings. The van der Waals surface area contributed by atoms with Crippen LogP contribution in [0.4, 0.5) is 0 Å². The Morgan fingerprint density at radius 1 is 0.947 bits per heavy atom. The molecule has 0 saturated carbocycles. The number of phenols is 1. The molecule has 0 unspecified atom stereocenters. The van der Waals surface area contributed by atoms with Gasteiger partial charge in [0.1, 0.15) is 11.3 Å². The van der Waals surface area contributed by atoms with Gasteiger partial charge in [-0.2, -0.15) is 0 Å². The first kappa shape index (κ1) is 11.5. The van der Waals surface area contributed by atoms with Crippen LogP contribution in [-0.4, -0.2) is 16.2 Å². The van der Waals surface area contributed by atoms with Crippen molar-refractivity contribution in [1.29, 1.82) is 0 Å². The summed E-state index contributed by atoms with van der Waals surface area (Å²) in [6.45, 7) is 1.85.